The van der Waals surface area contributed by atoms with Gasteiger partial charge in [-0.3, -0.25) is 0 Å². The molecule has 2 unspecified atom stereocenters. The number of hydrogen-bond acceptors (Lipinski definition) is 2. The third-order valence-corrected chi connectivity index (χ3v) is 4.87. The molecule has 0 spiro atoms. The Kier molecular flexibility index (Phi) is 4.74. The van der Waals surface area contributed by atoms with Crippen LogP contribution in [0.2, 0.25) is 0 Å². The lowest BCUT2D eigenvalue weighted by atomic mass is 9.70. The quantitative estimate of drug-likeness (QED) is 0.904. The van der Waals surface area contributed by atoms with E-state index >= 15 is 0 Å². The first kappa shape index (κ1) is 15.4. The highest BCUT2D eigenvalue weighted by atomic mass is 15.1. The van der Waals surface area contributed by atoms with Gasteiger partial charge in [0.1, 0.15) is 0 Å². The van der Waals surface area contributed by atoms with Gasteiger partial charge in [0.05, 0.1) is 0 Å². The van der Waals surface area contributed by atoms with Crippen molar-refractivity contribution in [3.05, 3.63) is 29.8 Å². The number of anilines is 1. The first-order valence-electron chi connectivity index (χ1n) is 7.97. The lowest BCUT2D eigenvalue weighted by Gasteiger charge is -2.41. The van der Waals surface area contributed by atoms with Crippen LogP contribution in [0.25, 0.3) is 0 Å². The molecule has 2 N–H and O–H groups in total. The van der Waals surface area contributed by atoms with E-state index in [0.29, 0.717) is 17.4 Å². The fraction of sp³-hybridized carbons (Fsp3) is 0.667. The molecule has 0 bridgehead atoms. The molecule has 1 fully saturated rings. The largest absolute Gasteiger partial charge is 0.374 e. The zero-order valence-corrected chi connectivity index (χ0v) is 13.5. The first-order valence-corrected chi connectivity index (χ1v) is 7.97. The van der Waals surface area contributed by atoms with Crippen LogP contribution in [0.15, 0.2) is 24.3 Å². The second-order valence-corrected chi connectivity index (χ2v) is 7.23. The van der Waals surface area contributed by atoms with Crippen molar-refractivity contribution in [3.63, 3.8) is 0 Å². The van der Waals surface area contributed by atoms with E-state index in [9.17, 15) is 0 Å². The summed E-state index contributed by atoms with van der Waals surface area (Å²) in [7, 11) is 2.19. The lowest BCUT2D eigenvalue weighted by molar-refractivity contribution is 0.161. The predicted octanol–water partition coefficient (Wildman–Crippen LogP) is 3.84. The maximum Gasteiger partial charge on any atom is 0.0363 e. The van der Waals surface area contributed by atoms with Gasteiger partial charge in [-0.25, -0.2) is 0 Å². The zero-order valence-electron chi connectivity index (χ0n) is 13.5. The smallest absolute Gasteiger partial charge is 0.0363 e. The van der Waals surface area contributed by atoms with Gasteiger partial charge in [0.15, 0.2) is 0 Å². The van der Waals surface area contributed by atoms with Gasteiger partial charge in [0, 0.05) is 25.3 Å². The topological polar surface area (TPSA) is 29.3 Å². The minimum Gasteiger partial charge on any atom is -0.374 e. The minimum atomic E-state index is 0.361. The van der Waals surface area contributed by atoms with Gasteiger partial charge in [0.2, 0.25) is 0 Å². The highest BCUT2D eigenvalue weighted by Gasteiger charge is 2.33. The molecule has 2 heteroatoms. The Hall–Kier alpha value is -1.02. The van der Waals surface area contributed by atoms with Crippen molar-refractivity contribution in [2.75, 3.05) is 18.5 Å². The number of benzene rings is 1. The number of rotatable bonds is 4. The van der Waals surface area contributed by atoms with Crippen LogP contribution in [-0.4, -0.2) is 19.6 Å². The van der Waals surface area contributed by atoms with Crippen LogP contribution >= 0.6 is 0 Å². The molecule has 20 heavy (non-hydrogen) atoms. The van der Waals surface area contributed by atoms with Gasteiger partial charge in [-0.2, -0.15) is 0 Å². The molecule has 0 aromatic heterocycles. The summed E-state index contributed by atoms with van der Waals surface area (Å²) in [6.07, 6.45) is 4.77. The molecular weight excluding hydrogens is 244 g/mol. The van der Waals surface area contributed by atoms with Gasteiger partial charge >= 0.3 is 0 Å². The average molecular weight is 274 g/mol. The van der Waals surface area contributed by atoms with Crippen LogP contribution < -0.4 is 10.6 Å². The van der Waals surface area contributed by atoms with Gasteiger partial charge in [-0.15, -0.1) is 0 Å². The van der Waals surface area contributed by atoms with Crippen molar-refractivity contribution >= 4 is 5.69 Å². The van der Waals surface area contributed by atoms with Crippen LogP contribution in [0.3, 0.4) is 0 Å². The number of aryl methyl sites for hydroxylation is 1. The van der Waals surface area contributed by atoms with E-state index in [-0.39, 0.29) is 0 Å². The van der Waals surface area contributed by atoms with E-state index in [4.69, 9.17) is 5.73 Å². The molecule has 1 aliphatic rings. The summed E-state index contributed by atoms with van der Waals surface area (Å²) in [5, 5.41) is 0. The Morgan fingerprint density at radius 1 is 1.25 bits per heavy atom. The summed E-state index contributed by atoms with van der Waals surface area (Å²) in [6, 6.07) is 9.30. The van der Waals surface area contributed by atoms with Crippen LogP contribution in [0.1, 0.15) is 45.6 Å². The van der Waals surface area contributed by atoms with Gasteiger partial charge < -0.3 is 10.6 Å². The van der Waals surface area contributed by atoms with Gasteiger partial charge in [0.25, 0.3) is 0 Å². The number of nitrogens with zero attached hydrogens (tertiary/aromatic N) is 1. The molecule has 1 saturated carbocycles. The molecule has 112 valence electrons. The fourth-order valence-electron chi connectivity index (χ4n) is 3.40. The molecule has 0 amide bonds. The zero-order chi connectivity index (χ0) is 14.8. The van der Waals surface area contributed by atoms with Crippen LogP contribution in [0, 0.1) is 11.3 Å². The molecule has 1 aliphatic carbocycles. The van der Waals surface area contributed by atoms with Crippen LogP contribution in [0.5, 0.6) is 0 Å². The van der Waals surface area contributed by atoms with Crippen molar-refractivity contribution in [1.29, 1.82) is 0 Å². The first-order chi connectivity index (χ1) is 9.41. The van der Waals surface area contributed by atoms with Crippen LogP contribution in [-0.2, 0) is 6.42 Å². The maximum atomic E-state index is 6.35. The molecule has 2 rings (SSSR count). The average Bonchev–Trinajstić information content (AvgIpc) is 2.43. The molecule has 0 heterocycles. The Bertz CT molecular complexity index is 422. The molecule has 0 radical (unpaired) electrons. The van der Waals surface area contributed by atoms with Crippen LogP contribution in [0.4, 0.5) is 5.69 Å². The monoisotopic (exact) mass is 274 g/mol. The Morgan fingerprint density at radius 2 is 1.90 bits per heavy atom. The van der Waals surface area contributed by atoms with E-state index in [1.807, 2.05) is 0 Å². The van der Waals surface area contributed by atoms with E-state index in [2.05, 4.69) is 57.0 Å². The molecule has 0 aliphatic heterocycles. The predicted molar refractivity (Wildman–Crippen MR) is 88.2 cm³/mol. The van der Waals surface area contributed by atoms with Crippen molar-refractivity contribution in [2.45, 2.75) is 52.5 Å². The molecular formula is C18H30N2. The molecule has 2 nitrogen and oxygen atoms in total. The lowest BCUT2D eigenvalue weighted by Crippen LogP contribution is -2.44. The highest BCUT2D eigenvalue weighted by Crippen LogP contribution is 2.38. The summed E-state index contributed by atoms with van der Waals surface area (Å²) in [4.78, 5) is 2.37. The molecule has 2 atom stereocenters. The summed E-state index contributed by atoms with van der Waals surface area (Å²) in [5.74, 6) is 0.606. The van der Waals surface area contributed by atoms with Gasteiger partial charge in [-0.05, 0) is 54.7 Å². The normalized spacial score (nSPS) is 25.4. The van der Waals surface area contributed by atoms with Crippen molar-refractivity contribution in [2.24, 2.45) is 17.1 Å². The second-order valence-electron chi connectivity index (χ2n) is 7.23. The third kappa shape index (κ3) is 3.76. The van der Waals surface area contributed by atoms with E-state index in [1.165, 1.54) is 30.5 Å². The summed E-state index contributed by atoms with van der Waals surface area (Å²) >= 11 is 0. The van der Waals surface area contributed by atoms with Crippen molar-refractivity contribution in [3.8, 4) is 0 Å². The minimum absolute atomic E-state index is 0.361. The fourth-order valence-corrected chi connectivity index (χ4v) is 3.40. The Labute approximate surface area is 124 Å². The Morgan fingerprint density at radius 3 is 2.50 bits per heavy atom. The standard InChI is InChI=1S/C18H30N2/c1-5-14-6-8-16(9-7-14)20(4)13-15-12-18(2,3)11-10-17(15)19/h6-9,15,17H,5,10-13,19H2,1-4H3. The summed E-state index contributed by atoms with van der Waals surface area (Å²) < 4.78 is 0. The number of hydrogen-bond donors (Lipinski definition) is 1. The third-order valence-electron chi connectivity index (χ3n) is 4.87. The van der Waals surface area contributed by atoms with E-state index in [0.717, 1.165) is 13.0 Å². The van der Waals surface area contributed by atoms with E-state index < -0.39 is 0 Å². The van der Waals surface area contributed by atoms with Gasteiger partial charge in [-0.1, -0.05) is 32.9 Å². The Balaban J connectivity index is 2.00. The molecule has 1 aromatic rings. The van der Waals surface area contributed by atoms with E-state index in [1.54, 1.807) is 0 Å². The molecule has 0 saturated heterocycles. The maximum absolute atomic E-state index is 6.35. The SMILES string of the molecule is CCc1ccc(N(C)CC2CC(C)(C)CCC2N)cc1. The molecule has 1 aromatic carbocycles. The number of nitrogens with two attached hydrogens (primary N) is 1. The van der Waals surface area contributed by atoms with Crippen molar-refractivity contribution < 1.29 is 0 Å². The summed E-state index contributed by atoms with van der Waals surface area (Å²) in [5.41, 5.74) is 9.50. The second kappa shape index (κ2) is 6.17. The summed E-state index contributed by atoms with van der Waals surface area (Å²) in [6.45, 7) is 8.02. The highest BCUT2D eigenvalue weighted by molar-refractivity contribution is 5.47. The van der Waals surface area contributed by atoms with Crippen molar-refractivity contribution in [1.82, 2.24) is 0 Å².